The fourth-order valence-electron chi connectivity index (χ4n) is 2.21. The molecule has 1 aromatic heterocycles. The Balaban J connectivity index is 1.82. The third-order valence-electron chi connectivity index (χ3n) is 3.28. The molecule has 0 radical (unpaired) electrons. The summed E-state index contributed by atoms with van der Waals surface area (Å²) in [5, 5.41) is 20.0. The van der Waals surface area contributed by atoms with Crippen molar-refractivity contribution >= 4 is 28.4 Å². The van der Waals surface area contributed by atoms with E-state index in [2.05, 4.69) is 21.6 Å². The molecule has 6 heteroatoms. The van der Waals surface area contributed by atoms with Crippen LogP contribution in [0.4, 0.5) is 0 Å². The molecule has 0 aliphatic heterocycles. The zero-order valence-electron chi connectivity index (χ0n) is 11.4. The Morgan fingerprint density at radius 3 is 3.00 bits per heavy atom. The standard InChI is InChI=1S/C16H11ClN4O/c17-13-3-1-2-10(4-13)8-19-16(22)11-5-12(7-18)14-9-20-21-15(14)6-11/h1-6,9H,8H2,(H,19,22)(H,20,21). The van der Waals surface area contributed by atoms with E-state index in [9.17, 15) is 4.79 Å². The summed E-state index contributed by atoms with van der Waals surface area (Å²) in [6, 6.07) is 12.6. The van der Waals surface area contributed by atoms with Crippen LogP contribution in [-0.4, -0.2) is 16.1 Å². The molecule has 0 bridgehead atoms. The Morgan fingerprint density at radius 2 is 2.23 bits per heavy atom. The van der Waals surface area contributed by atoms with Crippen molar-refractivity contribution < 1.29 is 4.79 Å². The first-order chi connectivity index (χ1) is 10.7. The molecule has 0 aliphatic carbocycles. The van der Waals surface area contributed by atoms with Gasteiger partial charge in [0.2, 0.25) is 0 Å². The SMILES string of the molecule is N#Cc1cc(C(=O)NCc2cccc(Cl)c2)cc2[nH]ncc12. The third kappa shape index (κ3) is 2.78. The first-order valence-electron chi connectivity index (χ1n) is 6.57. The van der Waals surface area contributed by atoms with Crippen LogP contribution in [0.1, 0.15) is 21.5 Å². The normalized spacial score (nSPS) is 10.4. The summed E-state index contributed by atoms with van der Waals surface area (Å²) in [5.41, 5.74) is 2.39. The molecule has 3 aromatic rings. The van der Waals surface area contributed by atoms with Gasteiger partial charge in [0.15, 0.2) is 0 Å². The van der Waals surface area contributed by atoms with Crippen LogP contribution in [0.25, 0.3) is 10.9 Å². The van der Waals surface area contributed by atoms with Crippen LogP contribution in [0, 0.1) is 11.3 Å². The van der Waals surface area contributed by atoms with Crippen molar-refractivity contribution in [2.24, 2.45) is 0 Å². The van der Waals surface area contributed by atoms with Gasteiger partial charge >= 0.3 is 0 Å². The van der Waals surface area contributed by atoms with Gasteiger partial charge in [0.1, 0.15) is 0 Å². The van der Waals surface area contributed by atoms with Gasteiger partial charge in [-0.15, -0.1) is 0 Å². The van der Waals surface area contributed by atoms with E-state index in [0.29, 0.717) is 33.6 Å². The topological polar surface area (TPSA) is 81.6 Å². The minimum atomic E-state index is -0.257. The predicted molar refractivity (Wildman–Crippen MR) is 83.4 cm³/mol. The van der Waals surface area contributed by atoms with E-state index < -0.39 is 0 Å². The van der Waals surface area contributed by atoms with Gasteiger partial charge in [-0.3, -0.25) is 9.89 Å². The molecule has 1 amide bonds. The summed E-state index contributed by atoms with van der Waals surface area (Å²) in [6.45, 7) is 0.363. The molecule has 2 N–H and O–H groups in total. The van der Waals surface area contributed by atoms with Crippen LogP contribution in [-0.2, 0) is 6.54 Å². The summed E-state index contributed by atoms with van der Waals surface area (Å²) in [4.78, 5) is 12.2. The number of aromatic amines is 1. The Kier molecular flexibility index (Phi) is 3.77. The molecular formula is C16H11ClN4O. The lowest BCUT2D eigenvalue weighted by Gasteiger charge is -2.06. The maximum atomic E-state index is 12.2. The summed E-state index contributed by atoms with van der Waals surface area (Å²) in [5.74, 6) is -0.257. The second-order valence-corrected chi connectivity index (χ2v) is 5.22. The van der Waals surface area contributed by atoms with Crippen molar-refractivity contribution in [1.29, 1.82) is 5.26 Å². The quantitative estimate of drug-likeness (QED) is 0.780. The number of hydrogen-bond donors (Lipinski definition) is 2. The van der Waals surface area contributed by atoms with Crippen molar-refractivity contribution in [3.05, 3.63) is 64.3 Å². The first-order valence-corrected chi connectivity index (χ1v) is 6.95. The van der Waals surface area contributed by atoms with Crippen LogP contribution in [0.15, 0.2) is 42.6 Å². The Labute approximate surface area is 131 Å². The number of nitriles is 1. The van der Waals surface area contributed by atoms with E-state index in [1.807, 2.05) is 12.1 Å². The predicted octanol–water partition coefficient (Wildman–Crippen LogP) is 3.02. The van der Waals surface area contributed by atoms with Gasteiger partial charge in [-0.2, -0.15) is 10.4 Å². The average molecular weight is 311 g/mol. The molecule has 0 saturated carbocycles. The lowest BCUT2D eigenvalue weighted by molar-refractivity contribution is 0.0951. The molecule has 2 aromatic carbocycles. The van der Waals surface area contributed by atoms with Gasteiger partial charge in [0.05, 0.1) is 23.3 Å². The molecule has 0 fully saturated rings. The van der Waals surface area contributed by atoms with Crippen molar-refractivity contribution in [3.63, 3.8) is 0 Å². The number of carbonyl (C=O) groups is 1. The maximum Gasteiger partial charge on any atom is 0.251 e. The van der Waals surface area contributed by atoms with Gasteiger partial charge in [-0.1, -0.05) is 23.7 Å². The number of H-pyrrole nitrogens is 1. The van der Waals surface area contributed by atoms with Gasteiger partial charge in [-0.25, -0.2) is 0 Å². The van der Waals surface area contributed by atoms with Crippen molar-refractivity contribution in [3.8, 4) is 6.07 Å². The van der Waals surface area contributed by atoms with Crippen LogP contribution < -0.4 is 5.32 Å². The Morgan fingerprint density at radius 1 is 1.36 bits per heavy atom. The van der Waals surface area contributed by atoms with Crippen molar-refractivity contribution in [1.82, 2.24) is 15.5 Å². The number of halogens is 1. The summed E-state index contributed by atoms with van der Waals surface area (Å²) in [6.07, 6.45) is 1.57. The van der Waals surface area contributed by atoms with Gasteiger partial charge < -0.3 is 5.32 Å². The van der Waals surface area contributed by atoms with Crippen LogP contribution in [0.2, 0.25) is 5.02 Å². The fourth-order valence-corrected chi connectivity index (χ4v) is 2.42. The molecule has 22 heavy (non-hydrogen) atoms. The van der Waals surface area contributed by atoms with Gasteiger partial charge in [0.25, 0.3) is 5.91 Å². The largest absolute Gasteiger partial charge is 0.348 e. The number of aromatic nitrogens is 2. The number of benzene rings is 2. The number of nitrogens with one attached hydrogen (secondary N) is 2. The van der Waals surface area contributed by atoms with Crippen LogP contribution >= 0.6 is 11.6 Å². The third-order valence-corrected chi connectivity index (χ3v) is 3.52. The lowest BCUT2D eigenvalue weighted by atomic mass is 10.1. The number of carbonyl (C=O) groups excluding carboxylic acids is 1. The monoisotopic (exact) mass is 310 g/mol. The second kappa shape index (κ2) is 5.88. The number of fused-ring (bicyclic) bond motifs is 1. The lowest BCUT2D eigenvalue weighted by Crippen LogP contribution is -2.22. The molecule has 0 aliphatic rings. The van der Waals surface area contributed by atoms with E-state index in [-0.39, 0.29) is 5.91 Å². The van der Waals surface area contributed by atoms with Gasteiger partial charge in [0, 0.05) is 22.5 Å². The zero-order valence-corrected chi connectivity index (χ0v) is 12.2. The summed E-state index contributed by atoms with van der Waals surface area (Å²) < 4.78 is 0. The van der Waals surface area contributed by atoms with Crippen molar-refractivity contribution in [2.45, 2.75) is 6.54 Å². The van der Waals surface area contributed by atoms with E-state index in [1.54, 1.807) is 30.5 Å². The maximum absolute atomic E-state index is 12.2. The highest BCUT2D eigenvalue weighted by atomic mass is 35.5. The minimum Gasteiger partial charge on any atom is -0.348 e. The van der Waals surface area contributed by atoms with Gasteiger partial charge in [-0.05, 0) is 29.8 Å². The highest BCUT2D eigenvalue weighted by Gasteiger charge is 2.11. The van der Waals surface area contributed by atoms with E-state index in [4.69, 9.17) is 16.9 Å². The molecule has 5 nitrogen and oxygen atoms in total. The Hall–Kier alpha value is -2.84. The molecule has 0 atom stereocenters. The number of amides is 1. The molecule has 0 saturated heterocycles. The highest BCUT2D eigenvalue weighted by Crippen LogP contribution is 2.18. The fraction of sp³-hybridized carbons (Fsp3) is 0.0625. The zero-order chi connectivity index (χ0) is 15.5. The summed E-state index contributed by atoms with van der Waals surface area (Å²) >= 11 is 5.91. The molecule has 3 rings (SSSR count). The molecular weight excluding hydrogens is 300 g/mol. The second-order valence-electron chi connectivity index (χ2n) is 4.78. The number of rotatable bonds is 3. The molecule has 0 unspecified atom stereocenters. The molecule has 1 heterocycles. The number of nitrogens with zero attached hydrogens (tertiary/aromatic N) is 2. The summed E-state index contributed by atoms with van der Waals surface area (Å²) in [7, 11) is 0. The Bertz CT molecular complexity index is 895. The number of hydrogen-bond acceptors (Lipinski definition) is 3. The minimum absolute atomic E-state index is 0.257. The van der Waals surface area contributed by atoms with Crippen molar-refractivity contribution in [2.75, 3.05) is 0 Å². The van der Waals surface area contributed by atoms with E-state index >= 15 is 0 Å². The molecule has 108 valence electrons. The highest BCUT2D eigenvalue weighted by molar-refractivity contribution is 6.30. The smallest absolute Gasteiger partial charge is 0.251 e. The van der Waals surface area contributed by atoms with Crippen LogP contribution in [0.5, 0.6) is 0 Å². The molecule has 0 spiro atoms. The average Bonchev–Trinajstić information content (AvgIpc) is 3.00. The first kappa shape index (κ1) is 14.1. The van der Waals surface area contributed by atoms with E-state index in [0.717, 1.165) is 5.56 Å². The van der Waals surface area contributed by atoms with E-state index in [1.165, 1.54) is 0 Å². The van der Waals surface area contributed by atoms with Crippen LogP contribution in [0.3, 0.4) is 0 Å².